The van der Waals surface area contributed by atoms with Crippen molar-refractivity contribution in [1.29, 1.82) is 0 Å². The second-order valence-electron chi connectivity index (χ2n) is 2.12. The Hall–Kier alpha value is -0.550. The second-order valence-corrected chi connectivity index (χ2v) is 2.96. The molecule has 56 valence electrons. The second kappa shape index (κ2) is 2.59. The van der Waals surface area contributed by atoms with Gasteiger partial charge in [-0.15, -0.1) is 0 Å². The van der Waals surface area contributed by atoms with E-state index in [2.05, 4.69) is 0 Å². The van der Waals surface area contributed by atoms with Gasteiger partial charge in [-0.05, 0) is 0 Å². The van der Waals surface area contributed by atoms with E-state index >= 15 is 0 Å². The van der Waals surface area contributed by atoms with Crippen molar-refractivity contribution in [3.05, 3.63) is 0 Å². The van der Waals surface area contributed by atoms with Crippen LogP contribution in [0.25, 0.3) is 0 Å². The number of carbonyl (C=O) groups is 2. The predicted molar refractivity (Wildman–Crippen MR) is 38.0 cm³/mol. The zero-order chi connectivity index (χ0) is 7.72. The molecule has 4 nitrogen and oxygen atoms in total. The van der Waals surface area contributed by atoms with E-state index in [-0.39, 0.29) is 23.5 Å². The Kier molecular flexibility index (Phi) is 1.96. The first kappa shape index (κ1) is 7.56. The molecule has 10 heavy (non-hydrogen) atoms. The van der Waals surface area contributed by atoms with Gasteiger partial charge in [0.2, 0.25) is 11.8 Å². The van der Waals surface area contributed by atoms with Crippen molar-refractivity contribution in [1.82, 2.24) is 4.90 Å². The van der Waals surface area contributed by atoms with Crippen LogP contribution in [-0.2, 0) is 9.59 Å². The van der Waals surface area contributed by atoms with E-state index in [9.17, 15) is 9.59 Å². The van der Waals surface area contributed by atoms with Crippen molar-refractivity contribution in [3.8, 4) is 0 Å². The van der Waals surface area contributed by atoms with Crippen LogP contribution in [0.1, 0.15) is 6.42 Å². The van der Waals surface area contributed by atoms with Crippen molar-refractivity contribution in [2.45, 2.75) is 11.7 Å². The fraction of sp³-hybridized carbons (Fsp3) is 0.600. The molecule has 0 spiro atoms. The topological polar surface area (TPSA) is 63.4 Å². The standard InChI is InChI=1S/C5H8N2O2S/c1-7-4(8)2-3(10-6)5(7)9/h3H,2,6H2,1H3. The van der Waals surface area contributed by atoms with Crippen LogP contribution in [0, 0.1) is 0 Å². The minimum absolute atomic E-state index is 0.145. The van der Waals surface area contributed by atoms with Gasteiger partial charge in [0.25, 0.3) is 0 Å². The van der Waals surface area contributed by atoms with Gasteiger partial charge in [-0.1, -0.05) is 11.9 Å². The van der Waals surface area contributed by atoms with E-state index < -0.39 is 0 Å². The van der Waals surface area contributed by atoms with Crippen LogP contribution in [-0.4, -0.2) is 29.0 Å². The van der Waals surface area contributed by atoms with Gasteiger partial charge in [0.15, 0.2) is 0 Å². The normalized spacial score (nSPS) is 26.2. The lowest BCUT2D eigenvalue weighted by atomic mass is 10.4. The van der Waals surface area contributed by atoms with E-state index in [0.29, 0.717) is 0 Å². The lowest BCUT2D eigenvalue weighted by Crippen LogP contribution is -2.27. The summed E-state index contributed by atoms with van der Waals surface area (Å²) in [5, 5.41) is 4.82. The van der Waals surface area contributed by atoms with Crippen LogP contribution in [0.15, 0.2) is 0 Å². The Morgan fingerprint density at radius 1 is 1.70 bits per heavy atom. The molecule has 1 fully saturated rings. The first-order chi connectivity index (χ1) is 4.66. The molecule has 1 aliphatic rings. The number of carbonyl (C=O) groups excluding carboxylic acids is 2. The van der Waals surface area contributed by atoms with Gasteiger partial charge in [-0.3, -0.25) is 19.6 Å². The molecule has 0 bridgehead atoms. The van der Waals surface area contributed by atoms with Crippen LogP contribution in [0.3, 0.4) is 0 Å². The first-order valence-corrected chi connectivity index (χ1v) is 3.77. The molecule has 0 saturated carbocycles. The van der Waals surface area contributed by atoms with Crippen LogP contribution in [0.5, 0.6) is 0 Å². The van der Waals surface area contributed by atoms with Crippen molar-refractivity contribution < 1.29 is 9.59 Å². The number of rotatable bonds is 1. The molecule has 0 aromatic carbocycles. The summed E-state index contributed by atoms with van der Waals surface area (Å²) in [5.41, 5.74) is 0. The Labute approximate surface area is 62.9 Å². The molecule has 0 aromatic heterocycles. The summed E-state index contributed by atoms with van der Waals surface area (Å²) in [6, 6.07) is 0. The van der Waals surface area contributed by atoms with E-state index in [1.54, 1.807) is 0 Å². The van der Waals surface area contributed by atoms with Gasteiger partial charge in [-0.2, -0.15) is 0 Å². The largest absolute Gasteiger partial charge is 0.285 e. The average molecular weight is 160 g/mol. The molecule has 0 aliphatic carbocycles. The van der Waals surface area contributed by atoms with Crippen LogP contribution < -0.4 is 5.14 Å². The Balaban J connectivity index is 2.71. The van der Waals surface area contributed by atoms with Gasteiger partial charge < -0.3 is 0 Å². The third kappa shape index (κ3) is 1.02. The van der Waals surface area contributed by atoms with Crippen molar-refractivity contribution >= 4 is 23.8 Å². The van der Waals surface area contributed by atoms with Crippen LogP contribution >= 0.6 is 11.9 Å². The molecule has 1 heterocycles. The Morgan fingerprint density at radius 2 is 2.30 bits per heavy atom. The number of nitrogens with two attached hydrogens (primary N) is 1. The van der Waals surface area contributed by atoms with E-state index in [1.807, 2.05) is 0 Å². The lowest BCUT2D eigenvalue weighted by molar-refractivity contribution is -0.136. The molecule has 2 N–H and O–H groups in total. The molecule has 1 saturated heterocycles. The maximum absolute atomic E-state index is 11.0. The number of imide groups is 1. The average Bonchev–Trinajstić information content (AvgIpc) is 2.17. The monoisotopic (exact) mass is 160 g/mol. The highest BCUT2D eigenvalue weighted by Gasteiger charge is 2.35. The number of likely N-dealkylation sites (tertiary alicyclic amines) is 1. The Bertz CT molecular complexity index is 182. The lowest BCUT2D eigenvalue weighted by Gasteiger charge is -2.04. The van der Waals surface area contributed by atoms with Gasteiger partial charge in [0.1, 0.15) is 5.25 Å². The predicted octanol–water partition coefficient (Wildman–Crippen LogP) is -0.649. The van der Waals surface area contributed by atoms with Crippen molar-refractivity contribution in [2.75, 3.05) is 7.05 Å². The van der Waals surface area contributed by atoms with Gasteiger partial charge in [-0.25, -0.2) is 0 Å². The van der Waals surface area contributed by atoms with E-state index in [4.69, 9.17) is 5.14 Å². The van der Waals surface area contributed by atoms with E-state index in [1.165, 1.54) is 7.05 Å². The quantitative estimate of drug-likeness (QED) is 0.409. The number of hydrogen-bond acceptors (Lipinski definition) is 4. The molecule has 5 heteroatoms. The fourth-order valence-electron chi connectivity index (χ4n) is 0.828. The summed E-state index contributed by atoms with van der Waals surface area (Å²) in [6.45, 7) is 0. The molecule has 1 aliphatic heterocycles. The molecule has 1 rings (SSSR count). The summed E-state index contributed by atoms with van der Waals surface area (Å²) in [6.07, 6.45) is 0.247. The van der Waals surface area contributed by atoms with Gasteiger partial charge in [0.05, 0.1) is 0 Å². The number of hydrogen-bond donors (Lipinski definition) is 1. The van der Waals surface area contributed by atoms with Gasteiger partial charge >= 0.3 is 0 Å². The zero-order valence-electron chi connectivity index (χ0n) is 5.53. The molecule has 1 unspecified atom stereocenters. The van der Waals surface area contributed by atoms with Crippen LogP contribution in [0.2, 0.25) is 0 Å². The molecule has 2 amide bonds. The third-order valence-corrected chi connectivity index (χ3v) is 2.20. The SMILES string of the molecule is CN1C(=O)CC(SN)C1=O. The highest BCUT2D eigenvalue weighted by atomic mass is 32.2. The third-order valence-electron chi connectivity index (χ3n) is 1.50. The fourth-order valence-corrected chi connectivity index (χ4v) is 1.34. The Morgan fingerprint density at radius 3 is 2.50 bits per heavy atom. The number of nitrogens with zero attached hydrogens (tertiary/aromatic N) is 1. The van der Waals surface area contributed by atoms with Crippen molar-refractivity contribution in [3.63, 3.8) is 0 Å². The summed E-state index contributed by atoms with van der Waals surface area (Å²) in [5.74, 6) is -0.328. The zero-order valence-corrected chi connectivity index (χ0v) is 6.35. The first-order valence-electron chi connectivity index (χ1n) is 2.82. The maximum atomic E-state index is 11.0. The molecule has 0 radical (unpaired) electrons. The molecular formula is C5H8N2O2S. The summed E-state index contributed by atoms with van der Waals surface area (Å²) >= 11 is 0.936. The van der Waals surface area contributed by atoms with Crippen molar-refractivity contribution in [2.24, 2.45) is 5.14 Å². The van der Waals surface area contributed by atoms with Gasteiger partial charge in [0, 0.05) is 13.5 Å². The number of amides is 2. The maximum Gasteiger partial charge on any atom is 0.243 e. The minimum Gasteiger partial charge on any atom is -0.285 e. The highest BCUT2D eigenvalue weighted by molar-refractivity contribution is 7.98. The molecular weight excluding hydrogens is 152 g/mol. The van der Waals surface area contributed by atoms with Crippen LogP contribution in [0.4, 0.5) is 0 Å². The molecule has 0 aromatic rings. The van der Waals surface area contributed by atoms with E-state index in [0.717, 1.165) is 16.8 Å². The minimum atomic E-state index is -0.350. The summed E-state index contributed by atoms with van der Waals surface area (Å²) in [7, 11) is 1.47. The highest BCUT2D eigenvalue weighted by Crippen LogP contribution is 2.19. The summed E-state index contributed by atoms with van der Waals surface area (Å²) in [4.78, 5) is 22.9. The summed E-state index contributed by atoms with van der Waals surface area (Å²) < 4.78 is 0. The molecule has 1 atom stereocenters. The smallest absolute Gasteiger partial charge is 0.243 e.